The fourth-order valence-electron chi connectivity index (χ4n) is 2.20. The van der Waals surface area contributed by atoms with Crippen LogP contribution in [0.3, 0.4) is 0 Å². The number of nitriles is 1. The number of rotatable bonds is 1. The third-order valence-electron chi connectivity index (χ3n) is 3.51. The Labute approximate surface area is 99.5 Å². The summed E-state index contributed by atoms with van der Waals surface area (Å²) in [5.74, 6) is -1.02. The minimum absolute atomic E-state index is 0.244. The Morgan fingerprint density at radius 2 is 1.76 bits per heavy atom. The molecule has 0 radical (unpaired) electrons. The van der Waals surface area contributed by atoms with Gasteiger partial charge in [-0.15, -0.1) is 0 Å². The van der Waals surface area contributed by atoms with Gasteiger partial charge in [-0.2, -0.15) is 5.26 Å². The number of hydrogen-bond donors (Lipinski definition) is 0. The van der Waals surface area contributed by atoms with E-state index >= 15 is 0 Å². The Morgan fingerprint density at radius 3 is 2.29 bits per heavy atom. The smallest absolute Gasteiger partial charge is 0.183 e. The molecule has 0 aliphatic carbocycles. The average molecular weight is 236 g/mol. The average Bonchev–Trinajstić information content (AvgIpc) is 2.63. The van der Waals surface area contributed by atoms with Crippen LogP contribution in [0.5, 0.6) is 0 Å². The first-order chi connectivity index (χ1) is 8.04. The lowest BCUT2D eigenvalue weighted by Gasteiger charge is -2.19. The molecule has 1 aliphatic rings. The summed E-state index contributed by atoms with van der Waals surface area (Å²) in [7, 11) is 0. The van der Waals surface area contributed by atoms with E-state index in [1.54, 1.807) is 6.07 Å². The highest BCUT2D eigenvalue weighted by Crippen LogP contribution is 2.31. The molecule has 2 nitrogen and oxygen atoms in total. The van der Waals surface area contributed by atoms with Gasteiger partial charge < -0.3 is 4.90 Å². The normalized spacial score (nSPS) is 23.8. The Morgan fingerprint density at radius 1 is 1.18 bits per heavy atom. The molecule has 2 unspecified atom stereocenters. The maximum Gasteiger partial charge on any atom is 0.183 e. The van der Waals surface area contributed by atoms with Gasteiger partial charge in [0.2, 0.25) is 0 Å². The first kappa shape index (κ1) is 11.8. The van der Waals surface area contributed by atoms with E-state index in [9.17, 15) is 8.78 Å². The molecule has 17 heavy (non-hydrogen) atoms. The molecule has 90 valence electrons. The van der Waals surface area contributed by atoms with E-state index in [4.69, 9.17) is 5.26 Å². The topological polar surface area (TPSA) is 27.0 Å². The Balaban J connectivity index is 2.36. The van der Waals surface area contributed by atoms with Crippen molar-refractivity contribution in [2.45, 2.75) is 13.8 Å². The number of halogens is 2. The van der Waals surface area contributed by atoms with Crippen molar-refractivity contribution in [3.63, 3.8) is 0 Å². The van der Waals surface area contributed by atoms with Crippen molar-refractivity contribution in [1.82, 2.24) is 0 Å². The van der Waals surface area contributed by atoms with Crippen LogP contribution in [-0.2, 0) is 0 Å². The molecule has 0 N–H and O–H groups in total. The highest BCUT2D eigenvalue weighted by atomic mass is 19.2. The van der Waals surface area contributed by atoms with Gasteiger partial charge in [-0.25, -0.2) is 8.78 Å². The number of hydrogen-bond acceptors (Lipinski definition) is 2. The molecule has 1 aliphatic heterocycles. The molecule has 1 fully saturated rings. The van der Waals surface area contributed by atoms with Gasteiger partial charge in [-0.1, -0.05) is 13.8 Å². The van der Waals surface area contributed by atoms with Gasteiger partial charge >= 0.3 is 0 Å². The molecule has 1 heterocycles. The molecule has 0 saturated carbocycles. The summed E-state index contributed by atoms with van der Waals surface area (Å²) in [5.41, 5.74) is 0.0178. The van der Waals surface area contributed by atoms with Crippen LogP contribution in [0.2, 0.25) is 0 Å². The van der Waals surface area contributed by atoms with E-state index in [2.05, 4.69) is 13.8 Å². The predicted molar refractivity (Wildman–Crippen MR) is 61.6 cm³/mol. The second kappa shape index (κ2) is 4.33. The quantitative estimate of drug-likeness (QED) is 0.749. The maximum absolute atomic E-state index is 13.8. The summed E-state index contributed by atoms with van der Waals surface area (Å²) in [6.45, 7) is 5.65. The molecule has 0 amide bonds. The van der Waals surface area contributed by atoms with Crippen LogP contribution in [0.1, 0.15) is 19.4 Å². The molecule has 0 bridgehead atoms. The highest BCUT2D eigenvalue weighted by molar-refractivity contribution is 5.52. The molecule has 1 aromatic rings. The van der Waals surface area contributed by atoms with Crippen LogP contribution >= 0.6 is 0 Å². The monoisotopic (exact) mass is 236 g/mol. The molecule has 2 rings (SSSR count). The molecule has 1 aromatic carbocycles. The largest absolute Gasteiger partial charge is 0.369 e. The Kier molecular flexibility index (Phi) is 3.01. The number of nitrogens with zero attached hydrogens (tertiary/aromatic N) is 2. The fraction of sp³-hybridized carbons (Fsp3) is 0.462. The summed E-state index contributed by atoms with van der Waals surface area (Å²) in [5, 5.41) is 8.61. The Hall–Kier alpha value is -1.63. The summed E-state index contributed by atoms with van der Waals surface area (Å²) < 4.78 is 27.3. The zero-order valence-electron chi connectivity index (χ0n) is 9.87. The van der Waals surface area contributed by atoms with Gasteiger partial charge in [0.15, 0.2) is 11.6 Å². The molecule has 1 saturated heterocycles. The standard InChI is InChI=1S/C13H14F2N2/c1-8-6-17(7-9(8)2)11-4-3-10(5-16)12(14)13(11)15/h3-4,8-9H,6-7H2,1-2H3. The third kappa shape index (κ3) is 1.97. The predicted octanol–water partition coefficient (Wildman–Crippen LogP) is 2.93. The lowest BCUT2D eigenvalue weighted by molar-refractivity contribution is 0.494. The molecular weight excluding hydrogens is 222 g/mol. The molecule has 2 atom stereocenters. The molecule has 0 aromatic heterocycles. The van der Waals surface area contributed by atoms with Crippen molar-refractivity contribution in [1.29, 1.82) is 5.26 Å². The maximum atomic E-state index is 13.8. The summed E-state index contributed by atoms with van der Waals surface area (Å²) >= 11 is 0. The number of anilines is 1. The first-order valence-corrected chi connectivity index (χ1v) is 5.67. The molecule has 0 spiro atoms. The van der Waals surface area contributed by atoms with E-state index in [1.807, 2.05) is 4.90 Å². The zero-order valence-corrected chi connectivity index (χ0v) is 9.87. The van der Waals surface area contributed by atoms with E-state index < -0.39 is 11.6 Å². The molecule has 4 heteroatoms. The van der Waals surface area contributed by atoms with Gasteiger partial charge in [-0.3, -0.25) is 0 Å². The van der Waals surface area contributed by atoms with Gasteiger partial charge in [0.1, 0.15) is 6.07 Å². The van der Waals surface area contributed by atoms with Crippen molar-refractivity contribution in [2.24, 2.45) is 11.8 Å². The van der Waals surface area contributed by atoms with Crippen molar-refractivity contribution in [3.8, 4) is 6.07 Å². The summed E-state index contributed by atoms with van der Waals surface area (Å²) in [6.07, 6.45) is 0. The lowest BCUT2D eigenvalue weighted by atomic mass is 10.0. The van der Waals surface area contributed by atoms with E-state index in [1.165, 1.54) is 12.1 Å². The Bertz CT molecular complexity index is 469. The van der Waals surface area contributed by atoms with E-state index in [0.717, 1.165) is 13.1 Å². The van der Waals surface area contributed by atoms with Gasteiger partial charge in [0, 0.05) is 13.1 Å². The van der Waals surface area contributed by atoms with Crippen molar-refractivity contribution < 1.29 is 8.78 Å². The van der Waals surface area contributed by atoms with E-state index in [0.29, 0.717) is 11.8 Å². The van der Waals surface area contributed by atoms with Crippen LogP contribution in [-0.4, -0.2) is 13.1 Å². The van der Waals surface area contributed by atoms with Crippen LogP contribution in [0.15, 0.2) is 12.1 Å². The number of benzene rings is 1. The second-order valence-electron chi connectivity index (χ2n) is 4.73. The van der Waals surface area contributed by atoms with Crippen LogP contribution in [0.25, 0.3) is 0 Å². The van der Waals surface area contributed by atoms with Gasteiger partial charge in [0.05, 0.1) is 11.3 Å². The van der Waals surface area contributed by atoms with Crippen molar-refractivity contribution >= 4 is 5.69 Å². The van der Waals surface area contributed by atoms with E-state index in [-0.39, 0.29) is 11.3 Å². The minimum Gasteiger partial charge on any atom is -0.369 e. The first-order valence-electron chi connectivity index (χ1n) is 5.67. The fourth-order valence-corrected chi connectivity index (χ4v) is 2.20. The second-order valence-corrected chi connectivity index (χ2v) is 4.73. The van der Waals surface area contributed by atoms with Crippen LogP contribution < -0.4 is 4.90 Å². The van der Waals surface area contributed by atoms with Crippen molar-refractivity contribution in [3.05, 3.63) is 29.3 Å². The summed E-state index contributed by atoms with van der Waals surface area (Å²) in [6, 6.07) is 4.46. The minimum atomic E-state index is -1.04. The highest BCUT2D eigenvalue weighted by Gasteiger charge is 2.28. The van der Waals surface area contributed by atoms with Gasteiger partial charge in [-0.05, 0) is 24.0 Å². The SMILES string of the molecule is CC1CN(c2ccc(C#N)c(F)c2F)CC1C. The third-order valence-corrected chi connectivity index (χ3v) is 3.51. The van der Waals surface area contributed by atoms with Crippen molar-refractivity contribution in [2.75, 3.05) is 18.0 Å². The lowest BCUT2D eigenvalue weighted by Crippen LogP contribution is -2.21. The van der Waals surface area contributed by atoms with Crippen LogP contribution in [0, 0.1) is 34.8 Å². The molecular formula is C13H14F2N2. The van der Waals surface area contributed by atoms with Crippen LogP contribution in [0.4, 0.5) is 14.5 Å². The zero-order chi connectivity index (χ0) is 12.6. The van der Waals surface area contributed by atoms with Gasteiger partial charge in [0.25, 0.3) is 0 Å². The summed E-state index contributed by atoms with van der Waals surface area (Å²) in [4.78, 5) is 1.84.